The molecular weight excluding hydrogens is 408 g/mol. The summed E-state index contributed by atoms with van der Waals surface area (Å²) in [5.74, 6) is 1.64. The molecule has 2 unspecified atom stereocenters. The van der Waals surface area contributed by atoms with Gasteiger partial charge in [0, 0.05) is 6.42 Å². The van der Waals surface area contributed by atoms with Crippen LogP contribution < -0.4 is 0 Å². The van der Waals surface area contributed by atoms with E-state index in [1.807, 2.05) is 0 Å². The molecule has 33 heavy (non-hydrogen) atoms. The highest BCUT2D eigenvalue weighted by atomic mass is 16.4. The number of hydrogen-bond donors (Lipinski definition) is 1. The van der Waals surface area contributed by atoms with Crippen LogP contribution in [0.4, 0.5) is 0 Å². The van der Waals surface area contributed by atoms with Crippen LogP contribution in [0.1, 0.15) is 106 Å². The van der Waals surface area contributed by atoms with Crippen molar-refractivity contribution in [2.45, 2.75) is 106 Å². The molecule has 3 nitrogen and oxygen atoms in total. The highest BCUT2D eigenvalue weighted by Crippen LogP contribution is 2.75. The fraction of sp³-hybridized carbons (Fsp3) is 0.867. The molecule has 0 radical (unpaired) electrons. The van der Waals surface area contributed by atoms with Crippen LogP contribution in [0.3, 0.4) is 0 Å². The van der Waals surface area contributed by atoms with E-state index < -0.39 is 11.4 Å². The number of rotatable bonds is 1. The fourth-order valence-corrected chi connectivity index (χ4v) is 10.6. The Kier molecular flexibility index (Phi) is 4.99. The molecule has 0 spiro atoms. The number of Topliss-reactive ketones (excluding diaryl/α,β-unsaturated/α-hetero) is 1. The number of carboxylic acids is 1. The molecule has 0 aromatic carbocycles. The molecular formula is C30H46O3. The van der Waals surface area contributed by atoms with Gasteiger partial charge in [-0.3, -0.25) is 9.59 Å². The van der Waals surface area contributed by atoms with Crippen LogP contribution in [0.2, 0.25) is 0 Å². The second-order valence-electron chi connectivity index (χ2n) is 14.2. The molecule has 0 heterocycles. The van der Waals surface area contributed by atoms with E-state index in [-0.39, 0.29) is 27.9 Å². The third-order valence-electron chi connectivity index (χ3n) is 13.3. The largest absolute Gasteiger partial charge is 0.480 e. The standard InChI is InChI=1S/C30H46O3/c1-18-10-13-26(3)16-17-28(5)20(24(26)19(18)2)8-9-21-27(4)14-12-23(31)30(7,25(32)33)22(27)11-15-29(21,28)6/h8,18-19,21-22,24H,9-17H2,1-7H3,(H,32,33)/t18-,19+,21-,22?,24+,26-,27-,28-,29-,30?/m1/s1. The Balaban J connectivity index is 1.60. The summed E-state index contributed by atoms with van der Waals surface area (Å²) >= 11 is 0. The summed E-state index contributed by atoms with van der Waals surface area (Å²) in [4.78, 5) is 25.4. The van der Waals surface area contributed by atoms with Crippen molar-refractivity contribution in [2.24, 2.45) is 56.7 Å². The second-order valence-corrected chi connectivity index (χ2v) is 14.2. The smallest absolute Gasteiger partial charge is 0.317 e. The van der Waals surface area contributed by atoms with Crippen LogP contribution in [0.25, 0.3) is 0 Å². The maximum Gasteiger partial charge on any atom is 0.317 e. The molecule has 0 saturated heterocycles. The predicted molar refractivity (Wildman–Crippen MR) is 132 cm³/mol. The number of hydrogen-bond acceptors (Lipinski definition) is 2. The van der Waals surface area contributed by atoms with Crippen molar-refractivity contribution in [1.82, 2.24) is 0 Å². The van der Waals surface area contributed by atoms with Crippen molar-refractivity contribution in [2.75, 3.05) is 0 Å². The number of carboxylic acid groups (broad SMARTS) is 1. The van der Waals surface area contributed by atoms with Gasteiger partial charge in [-0.1, -0.05) is 53.2 Å². The van der Waals surface area contributed by atoms with Gasteiger partial charge in [0.1, 0.15) is 11.2 Å². The van der Waals surface area contributed by atoms with Gasteiger partial charge >= 0.3 is 5.97 Å². The summed E-state index contributed by atoms with van der Waals surface area (Å²) in [5.41, 5.74) is 1.22. The number of carbonyl (C=O) groups is 2. The average Bonchev–Trinajstić information content (AvgIpc) is 2.75. The van der Waals surface area contributed by atoms with E-state index in [4.69, 9.17) is 0 Å². The lowest BCUT2D eigenvalue weighted by atomic mass is 9.33. The third-order valence-corrected chi connectivity index (χ3v) is 13.3. The SMILES string of the molecule is C[C@H]1[C@H](C)CC[C@]2(C)CC[C@]3(C)C(=CC[C@@H]4[C@@]5(C)CCC(=O)C(C)(C(=O)O)C5CC[C@]43C)[C@H]12. The van der Waals surface area contributed by atoms with Crippen LogP contribution >= 0.6 is 0 Å². The zero-order chi connectivity index (χ0) is 24.2. The van der Waals surface area contributed by atoms with Gasteiger partial charge in [-0.25, -0.2) is 0 Å². The Bertz CT molecular complexity index is 920. The van der Waals surface area contributed by atoms with Crippen molar-refractivity contribution in [3.8, 4) is 0 Å². The summed E-state index contributed by atoms with van der Waals surface area (Å²) in [7, 11) is 0. The number of ketones is 1. The average molecular weight is 455 g/mol. The molecule has 4 fully saturated rings. The zero-order valence-electron chi connectivity index (χ0n) is 22.1. The number of allylic oxidation sites excluding steroid dienone is 2. The van der Waals surface area contributed by atoms with Gasteiger partial charge in [0.2, 0.25) is 0 Å². The minimum absolute atomic E-state index is 0.0437. The van der Waals surface area contributed by atoms with Crippen molar-refractivity contribution in [1.29, 1.82) is 0 Å². The lowest BCUT2D eigenvalue weighted by molar-refractivity contribution is -0.196. The molecule has 10 atom stereocenters. The molecule has 4 saturated carbocycles. The van der Waals surface area contributed by atoms with Crippen molar-refractivity contribution >= 4 is 11.8 Å². The molecule has 5 rings (SSSR count). The molecule has 1 N–H and O–H groups in total. The molecule has 0 aliphatic heterocycles. The van der Waals surface area contributed by atoms with E-state index in [2.05, 4.69) is 47.6 Å². The molecule has 184 valence electrons. The highest BCUT2D eigenvalue weighted by molar-refractivity contribution is 6.03. The number of aliphatic carboxylic acids is 1. The summed E-state index contributed by atoms with van der Waals surface area (Å²) in [6.45, 7) is 16.8. The summed E-state index contributed by atoms with van der Waals surface area (Å²) in [5, 5.41) is 10.2. The number of fused-ring (bicyclic) bond motifs is 7. The Hall–Kier alpha value is -1.12. The van der Waals surface area contributed by atoms with Crippen LogP contribution in [0, 0.1) is 56.7 Å². The van der Waals surface area contributed by atoms with E-state index in [9.17, 15) is 14.7 Å². The van der Waals surface area contributed by atoms with Gasteiger partial charge in [0.25, 0.3) is 0 Å². The monoisotopic (exact) mass is 454 g/mol. The fourth-order valence-electron chi connectivity index (χ4n) is 10.6. The van der Waals surface area contributed by atoms with E-state index in [1.54, 1.807) is 12.5 Å². The summed E-state index contributed by atoms with van der Waals surface area (Å²) in [6, 6.07) is 0. The quantitative estimate of drug-likeness (QED) is 0.334. The highest BCUT2D eigenvalue weighted by Gasteiger charge is 2.69. The maximum atomic E-state index is 13.0. The zero-order valence-corrected chi connectivity index (χ0v) is 22.1. The van der Waals surface area contributed by atoms with Crippen molar-refractivity contribution in [3.63, 3.8) is 0 Å². The van der Waals surface area contributed by atoms with E-state index in [0.29, 0.717) is 23.7 Å². The lowest BCUT2D eigenvalue weighted by Crippen LogP contribution is -2.65. The summed E-state index contributed by atoms with van der Waals surface area (Å²) < 4.78 is 0. The topological polar surface area (TPSA) is 54.4 Å². The maximum absolute atomic E-state index is 13.0. The molecule has 5 aliphatic carbocycles. The normalized spacial score (nSPS) is 56.0. The molecule has 0 amide bonds. The second kappa shape index (κ2) is 6.97. The van der Waals surface area contributed by atoms with E-state index >= 15 is 0 Å². The molecule has 0 aromatic heterocycles. The molecule has 0 bridgehead atoms. The van der Waals surface area contributed by atoms with Gasteiger partial charge in [0.15, 0.2) is 0 Å². The van der Waals surface area contributed by atoms with E-state index in [1.165, 1.54) is 25.7 Å². The van der Waals surface area contributed by atoms with Crippen molar-refractivity contribution in [3.05, 3.63) is 11.6 Å². The van der Waals surface area contributed by atoms with Crippen LogP contribution in [-0.4, -0.2) is 16.9 Å². The van der Waals surface area contributed by atoms with Crippen molar-refractivity contribution < 1.29 is 14.7 Å². The Labute approximate surface area is 201 Å². The minimum Gasteiger partial charge on any atom is -0.480 e. The number of carbonyl (C=O) groups excluding carboxylic acids is 1. The molecule has 5 aliphatic rings. The van der Waals surface area contributed by atoms with Crippen LogP contribution in [-0.2, 0) is 9.59 Å². The first-order valence-electron chi connectivity index (χ1n) is 13.7. The Morgan fingerprint density at radius 1 is 0.939 bits per heavy atom. The Morgan fingerprint density at radius 2 is 1.64 bits per heavy atom. The third kappa shape index (κ3) is 2.69. The first-order valence-corrected chi connectivity index (χ1v) is 13.7. The van der Waals surface area contributed by atoms with Gasteiger partial charge in [-0.15, -0.1) is 0 Å². The van der Waals surface area contributed by atoms with Crippen LogP contribution in [0.15, 0.2) is 11.6 Å². The van der Waals surface area contributed by atoms with Gasteiger partial charge in [-0.05, 0) is 110 Å². The van der Waals surface area contributed by atoms with Gasteiger partial charge < -0.3 is 5.11 Å². The predicted octanol–water partition coefficient (Wildman–Crippen LogP) is 7.30. The first kappa shape index (κ1) is 23.6. The lowest BCUT2D eigenvalue weighted by Gasteiger charge is -2.70. The Morgan fingerprint density at radius 3 is 2.30 bits per heavy atom. The van der Waals surface area contributed by atoms with Crippen LogP contribution in [0.5, 0.6) is 0 Å². The first-order chi connectivity index (χ1) is 15.3. The minimum atomic E-state index is -1.22. The molecule has 0 aromatic rings. The van der Waals surface area contributed by atoms with Gasteiger partial charge in [0.05, 0.1) is 0 Å². The summed E-state index contributed by atoms with van der Waals surface area (Å²) in [6.07, 6.45) is 12.2. The van der Waals surface area contributed by atoms with E-state index in [0.717, 1.165) is 37.5 Å². The molecule has 3 heteroatoms. The van der Waals surface area contributed by atoms with Gasteiger partial charge in [-0.2, -0.15) is 0 Å².